The molecule has 0 spiro atoms. The lowest BCUT2D eigenvalue weighted by atomic mass is 9.99. The zero-order valence-electron chi connectivity index (χ0n) is 10.3. The number of nitrogens with one attached hydrogen (secondary N) is 1. The van der Waals surface area contributed by atoms with Crippen LogP contribution in [0.2, 0.25) is 0 Å². The van der Waals surface area contributed by atoms with Gasteiger partial charge >= 0.3 is 0 Å². The molecular formula is C15H14N4. The maximum absolute atomic E-state index is 5.69. The monoisotopic (exact) mass is 250 g/mol. The molecule has 1 atom stereocenters. The van der Waals surface area contributed by atoms with Gasteiger partial charge in [0.05, 0.1) is 11.6 Å². The summed E-state index contributed by atoms with van der Waals surface area (Å²) < 4.78 is 0. The molecule has 0 aliphatic rings. The molecule has 0 aliphatic heterocycles. The molecular weight excluding hydrogens is 236 g/mol. The fourth-order valence-corrected chi connectivity index (χ4v) is 2.21. The Labute approximate surface area is 111 Å². The predicted molar refractivity (Wildman–Crippen MR) is 75.1 cm³/mol. The molecule has 0 aliphatic carbocycles. The highest BCUT2D eigenvalue weighted by Crippen LogP contribution is 2.23. The highest BCUT2D eigenvalue weighted by Gasteiger charge is 2.12. The van der Waals surface area contributed by atoms with Gasteiger partial charge in [0.2, 0.25) is 0 Å². The van der Waals surface area contributed by atoms with Gasteiger partial charge in [-0.2, -0.15) is 0 Å². The second-order valence-electron chi connectivity index (χ2n) is 4.34. The Hall–Kier alpha value is -2.30. The summed E-state index contributed by atoms with van der Waals surface area (Å²) in [7, 11) is 0. The molecule has 4 heteroatoms. The normalized spacial score (nSPS) is 12.5. The molecule has 0 saturated heterocycles. The minimum Gasteiger partial charge on any atom is -0.271 e. The Kier molecular flexibility index (Phi) is 3.18. The van der Waals surface area contributed by atoms with Crippen LogP contribution >= 0.6 is 0 Å². The van der Waals surface area contributed by atoms with Gasteiger partial charge in [0, 0.05) is 24.0 Å². The molecule has 1 unspecified atom stereocenters. The molecule has 0 saturated carbocycles. The topological polar surface area (TPSA) is 63.8 Å². The van der Waals surface area contributed by atoms with Crippen molar-refractivity contribution in [2.75, 3.05) is 0 Å². The van der Waals surface area contributed by atoms with E-state index in [0.29, 0.717) is 0 Å². The summed E-state index contributed by atoms with van der Waals surface area (Å²) in [5.41, 5.74) is 5.95. The Morgan fingerprint density at radius 2 is 1.89 bits per heavy atom. The van der Waals surface area contributed by atoms with Gasteiger partial charge in [-0.15, -0.1) is 0 Å². The predicted octanol–water partition coefficient (Wildman–Crippen LogP) is 2.18. The maximum atomic E-state index is 5.69. The number of hydrazine groups is 1. The second kappa shape index (κ2) is 5.14. The third-order valence-corrected chi connectivity index (χ3v) is 3.14. The first kappa shape index (κ1) is 11.8. The van der Waals surface area contributed by atoms with E-state index in [1.165, 1.54) is 0 Å². The van der Waals surface area contributed by atoms with Gasteiger partial charge in [-0.1, -0.05) is 18.2 Å². The van der Waals surface area contributed by atoms with E-state index in [1.54, 1.807) is 12.4 Å². The standard InChI is InChI=1S/C15H14N4/c16-19-15(13-4-1-7-17-10-13)12-5-6-14-11(9-12)3-2-8-18-14/h1-10,15,19H,16H2. The molecule has 3 rings (SSSR count). The van der Waals surface area contributed by atoms with Crippen molar-refractivity contribution in [3.8, 4) is 0 Å². The zero-order valence-corrected chi connectivity index (χ0v) is 10.3. The first-order valence-electron chi connectivity index (χ1n) is 6.09. The van der Waals surface area contributed by atoms with Gasteiger partial charge in [0.1, 0.15) is 0 Å². The number of rotatable bonds is 3. The van der Waals surface area contributed by atoms with Crippen LogP contribution in [0.4, 0.5) is 0 Å². The van der Waals surface area contributed by atoms with E-state index in [9.17, 15) is 0 Å². The molecule has 3 aromatic rings. The third-order valence-electron chi connectivity index (χ3n) is 3.14. The molecule has 3 N–H and O–H groups in total. The zero-order chi connectivity index (χ0) is 13.1. The molecule has 1 aromatic carbocycles. The number of nitrogens with two attached hydrogens (primary N) is 1. The van der Waals surface area contributed by atoms with E-state index in [2.05, 4.69) is 21.5 Å². The molecule has 19 heavy (non-hydrogen) atoms. The lowest BCUT2D eigenvalue weighted by Crippen LogP contribution is -2.28. The molecule has 4 nitrogen and oxygen atoms in total. The SMILES string of the molecule is NNC(c1cccnc1)c1ccc2ncccc2c1. The highest BCUT2D eigenvalue weighted by molar-refractivity contribution is 5.79. The molecule has 0 radical (unpaired) electrons. The molecule has 0 fully saturated rings. The van der Waals surface area contributed by atoms with Gasteiger partial charge < -0.3 is 0 Å². The minimum atomic E-state index is -0.0710. The van der Waals surface area contributed by atoms with Crippen LogP contribution in [0.15, 0.2) is 61.1 Å². The first-order valence-corrected chi connectivity index (χ1v) is 6.09. The number of nitrogens with zero attached hydrogens (tertiary/aromatic N) is 2. The Morgan fingerprint density at radius 3 is 2.68 bits per heavy atom. The van der Waals surface area contributed by atoms with Gasteiger partial charge in [-0.05, 0) is 35.4 Å². The van der Waals surface area contributed by atoms with E-state index < -0.39 is 0 Å². The van der Waals surface area contributed by atoms with Crippen molar-refractivity contribution in [3.63, 3.8) is 0 Å². The Balaban J connectivity index is 2.06. The van der Waals surface area contributed by atoms with Crippen molar-refractivity contribution in [2.45, 2.75) is 6.04 Å². The van der Waals surface area contributed by atoms with E-state index >= 15 is 0 Å². The van der Waals surface area contributed by atoms with Crippen molar-refractivity contribution in [1.82, 2.24) is 15.4 Å². The van der Waals surface area contributed by atoms with Crippen LogP contribution in [0, 0.1) is 0 Å². The van der Waals surface area contributed by atoms with Crippen LogP contribution < -0.4 is 11.3 Å². The molecule has 2 aromatic heterocycles. The number of benzene rings is 1. The van der Waals surface area contributed by atoms with Gasteiger partial charge in [0.25, 0.3) is 0 Å². The number of fused-ring (bicyclic) bond motifs is 1. The van der Waals surface area contributed by atoms with Crippen LogP contribution in [0.1, 0.15) is 17.2 Å². The number of pyridine rings is 2. The van der Waals surface area contributed by atoms with Crippen LogP contribution in [0.5, 0.6) is 0 Å². The summed E-state index contributed by atoms with van der Waals surface area (Å²) in [6.07, 6.45) is 5.36. The summed E-state index contributed by atoms with van der Waals surface area (Å²) in [4.78, 5) is 8.45. The number of aromatic nitrogens is 2. The average Bonchev–Trinajstić information content (AvgIpc) is 2.49. The quantitative estimate of drug-likeness (QED) is 0.552. The van der Waals surface area contributed by atoms with E-state index in [4.69, 9.17) is 5.84 Å². The van der Waals surface area contributed by atoms with E-state index in [-0.39, 0.29) is 6.04 Å². The van der Waals surface area contributed by atoms with E-state index in [0.717, 1.165) is 22.0 Å². The third kappa shape index (κ3) is 2.31. The van der Waals surface area contributed by atoms with Gasteiger partial charge in [-0.3, -0.25) is 15.8 Å². The summed E-state index contributed by atoms with van der Waals surface area (Å²) in [6.45, 7) is 0. The van der Waals surface area contributed by atoms with Crippen molar-refractivity contribution in [3.05, 3.63) is 72.2 Å². The summed E-state index contributed by atoms with van der Waals surface area (Å²) in [6, 6.07) is 14.0. The molecule has 0 bridgehead atoms. The number of hydrogen-bond donors (Lipinski definition) is 2. The van der Waals surface area contributed by atoms with E-state index in [1.807, 2.05) is 42.6 Å². The van der Waals surface area contributed by atoms with Crippen LogP contribution in [0.3, 0.4) is 0 Å². The van der Waals surface area contributed by atoms with Gasteiger partial charge in [-0.25, -0.2) is 5.43 Å². The fourth-order valence-electron chi connectivity index (χ4n) is 2.21. The number of hydrogen-bond acceptors (Lipinski definition) is 4. The van der Waals surface area contributed by atoms with Gasteiger partial charge in [0.15, 0.2) is 0 Å². The maximum Gasteiger partial charge on any atom is 0.0725 e. The van der Waals surface area contributed by atoms with Crippen molar-refractivity contribution in [1.29, 1.82) is 0 Å². The summed E-state index contributed by atoms with van der Waals surface area (Å²) in [5, 5.41) is 1.10. The first-order chi connectivity index (χ1) is 9.38. The van der Waals surface area contributed by atoms with Crippen molar-refractivity contribution in [2.24, 2.45) is 5.84 Å². The second-order valence-corrected chi connectivity index (χ2v) is 4.34. The molecule has 2 heterocycles. The fraction of sp³-hybridized carbons (Fsp3) is 0.0667. The summed E-state index contributed by atoms with van der Waals surface area (Å²) >= 11 is 0. The minimum absolute atomic E-state index is 0.0710. The molecule has 0 amide bonds. The Bertz CT molecular complexity index is 682. The van der Waals surface area contributed by atoms with Crippen molar-refractivity contribution >= 4 is 10.9 Å². The lowest BCUT2D eigenvalue weighted by Gasteiger charge is -2.16. The lowest BCUT2D eigenvalue weighted by molar-refractivity contribution is 0.635. The highest BCUT2D eigenvalue weighted by atomic mass is 15.2. The average molecular weight is 250 g/mol. The van der Waals surface area contributed by atoms with Crippen LogP contribution in [-0.4, -0.2) is 9.97 Å². The van der Waals surface area contributed by atoms with Crippen LogP contribution in [0.25, 0.3) is 10.9 Å². The largest absolute Gasteiger partial charge is 0.271 e. The van der Waals surface area contributed by atoms with Crippen molar-refractivity contribution < 1.29 is 0 Å². The smallest absolute Gasteiger partial charge is 0.0725 e. The molecule has 94 valence electrons. The Morgan fingerprint density at radius 1 is 1.00 bits per heavy atom. The van der Waals surface area contributed by atoms with Crippen LogP contribution in [-0.2, 0) is 0 Å². The summed E-state index contributed by atoms with van der Waals surface area (Å²) in [5.74, 6) is 5.69.